The Bertz CT molecular complexity index is 563. The lowest BCUT2D eigenvalue weighted by Gasteiger charge is -2.24. The lowest BCUT2D eigenvalue weighted by molar-refractivity contribution is -0.0856. The van der Waals surface area contributed by atoms with Gasteiger partial charge >= 0.3 is 0 Å². The number of rotatable bonds is 8. The largest absolute Gasteiger partial charge is 0.394 e. The van der Waals surface area contributed by atoms with Gasteiger partial charge in [-0.25, -0.2) is 0 Å². The topological polar surface area (TPSA) is 68.2 Å². The maximum atomic E-state index is 9.61. The van der Waals surface area contributed by atoms with Crippen LogP contribution in [-0.4, -0.2) is 47.8 Å². The SMILES string of the molecule is OCC1OC(CO)C(OCc2ccccc2)C1OCc1ccccc1. The summed E-state index contributed by atoms with van der Waals surface area (Å²) in [6.07, 6.45) is -1.90. The lowest BCUT2D eigenvalue weighted by Crippen LogP contribution is -2.39. The third-order valence-corrected chi connectivity index (χ3v) is 4.34. The fourth-order valence-electron chi connectivity index (χ4n) is 3.03. The molecule has 1 saturated heterocycles. The highest BCUT2D eigenvalue weighted by atomic mass is 16.6. The number of ether oxygens (including phenoxy) is 3. The average molecular weight is 344 g/mol. The van der Waals surface area contributed by atoms with Crippen molar-refractivity contribution in [3.63, 3.8) is 0 Å². The van der Waals surface area contributed by atoms with Crippen LogP contribution in [0.1, 0.15) is 11.1 Å². The van der Waals surface area contributed by atoms with Gasteiger partial charge in [-0.05, 0) is 11.1 Å². The van der Waals surface area contributed by atoms with E-state index in [1.165, 1.54) is 0 Å². The van der Waals surface area contributed by atoms with E-state index in [0.29, 0.717) is 13.2 Å². The van der Waals surface area contributed by atoms with Crippen molar-refractivity contribution in [2.24, 2.45) is 0 Å². The number of benzene rings is 2. The fourth-order valence-corrected chi connectivity index (χ4v) is 3.03. The highest BCUT2D eigenvalue weighted by molar-refractivity contribution is 5.14. The molecule has 4 atom stereocenters. The Morgan fingerprint density at radius 1 is 0.680 bits per heavy atom. The Morgan fingerprint density at radius 3 is 1.44 bits per heavy atom. The van der Waals surface area contributed by atoms with Gasteiger partial charge in [0.05, 0.1) is 26.4 Å². The highest BCUT2D eigenvalue weighted by Crippen LogP contribution is 2.28. The Kier molecular flexibility index (Phi) is 6.55. The van der Waals surface area contributed by atoms with Gasteiger partial charge < -0.3 is 24.4 Å². The standard InChI is InChI=1S/C20H24O5/c21-11-17-19(23-13-15-7-3-1-4-8-15)20(18(12-22)25-17)24-14-16-9-5-2-6-10-16/h1-10,17-22H,11-14H2. The summed E-state index contributed by atoms with van der Waals surface area (Å²) in [5, 5.41) is 19.2. The third-order valence-electron chi connectivity index (χ3n) is 4.34. The molecule has 1 aliphatic heterocycles. The first kappa shape index (κ1) is 18.0. The van der Waals surface area contributed by atoms with Crippen LogP contribution >= 0.6 is 0 Å². The lowest BCUT2D eigenvalue weighted by atomic mass is 10.1. The van der Waals surface area contributed by atoms with E-state index in [2.05, 4.69) is 0 Å². The molecule has 1 heterocycles. The Morgan fingerprint density at radius 2 is 1.08 bits per heavy atom. The van der Waals surface area contributed by atoms with Crippen molar-refractivity contribution >= 4 is 0 Å². The highest BCUT2D eigenvalue weighted by Gasteiger charge is 2.45. The first-order valence-electron chi connectivity index (χ1n) is 8.50. The van der Waals surface area contributed by atoms with E-state index in [-0.39, 0.29) is 13.2 Å². The second-order valence-electron chi connectivity index (χ2n) is 6.10. The van der Waals surface area contributed by atoms with Crippen molar-refractivity contribution in [3.8, 4) is 0 Å². The van der Waals surface area contributed by atoms with E-state index < -0.39 is 24.4 Å². The second-order valence-corrected chi connectivity index (χ2v) is 6.10. The van der Waals surface area contributed by atoms with Crippen LogP contribution in [0.15, 0.2) is 60.7 Å². The van der Waals surface area contributed by atoms with E-state index in [4.69, 9.17) is 14.2 Å². The first-order chi connectivity index (χ1) is 12.3. The van der Waals surface area contributed by atoms with Crippen LogP contribution in [-0.2, 0) is 27.4 Å². The summed E-state index contributed by atoms with van der Waals surface area (Å²) in [4.78, 5) is 0. The maximum Gasteiger partial charge on any atom is 0.115 e. The zero-order chi connectivity index (χ0) is 17.5. The van der Waals surface area contributed by atoms with Crippen LogP contribution in [0.25, 0.3) is 0 Å². The second kappa shape index (κ2) is 9.08. The van der Waals surface area contributed by atoms with E-state index >= 15 is 0 Å². The van der Waals surface area contributed by atoms with Crippen LogP contribution in [0, 0.1) is 0 Å². The smallest absolute Gasteiger partial charge is 0.115 e. The molecular formula is C20H24O5. The Labute approximate surface area is 147 Å². The molecule has 3 rings (SSSR count). The van der Waals surface area contributed by atoms with E-state index in [0.717, 1.165) is 11.1 Å². The van der Waals surface area contributed by atoms with Gasteiger partial charge in [-0.2, -0.15) is 0 Å². The van der Waals surface area contributed by atoms with Gasteiger partial charge in [0.15, 0.2) is 0 Å². The van der Waals surface area contributed by atoms with Gasteiger partial charge in [-0.15, -0.1) is 0 Å². The van der Waals surface area contributed by atoms with Crippen LogP contribution in [0.4, 0.5) is 0 Å². The van der Waals surface area contributed by atoms with Crippen molar-refractivity contribution in [1.82, 2.24) is 0 Å². The molecule has 5 nitrogen and oxygen atoms in total. The van der Waals surface area contributed by atoms with Crippen molar-refractivity contribution in [3.05, 3.63) is 71.8 Å². The number of aliphatic hydroxyl groups is 2. The van der Waals surface area contributed by atoms with Gasteiger partial charge in [0, 0.05) is 0 Å². The van der Waals surface area contributed by atoms with Crippen LogP contribution < -0.4 is 0 Å². The molecule has 2 aromatic rings. The zero-order valence-corrected chi connectivity index (χ0v) is 14.0. The first-order valence-corrected chi connectivity index (χ1v) is 8.50. The molecule has 0 amide bonds. The minimum absolute atomic E-state index is 0.179. The molecule has 1 fully saturated rings. The summed E-state index contributed by atoms with van der Waals surface area (Å²) < 4.78 is 17.7. The molecule has 2 aromatic carbocycles. The summed E-state index contributed by atoms with van der Waals surface area (Å²) in [5.41, 5.74) is 2.07. The third kappa shape index (κ3) is 4.66. The molecule has 134 valence electrons. The molecule has 0 radical (unpaired) electrons. The number of aliphatic hydroxyl groups excluding tert-OH is 2. The van der Waals surface area contributed by atoms with Crippen LogP contribution in [0.5, 0.6) is 0 Å². The minimum atomic E-state index is -0.512. The molecule has 0 bridgehead atoms. The van der Waals surface area contributed by atoms with Gasteiger partial charge in [0.2, 0.25) is 0 Å². The number of hydrogen-bond acceptors (Lipinski definition) is 5. The predicted octanol–water partition coefficient (Wildman–Crippen LogP) is 1.91. The van der Waals surface area contributed by atoms with Crippen LogP contribution in [0.2, 0.25) is 0 Å². The summed E-state index contributed by atoms with van der Waals surface area (Å²) >= 11 is 0. The maximum absolute atomic E-state index is 9.61. The van der Waals surface area contributed by atoms with E-state index in [1.54, 1.807) is 0 Å². The monoisotopic (exact) mass is 344 g/mol. The molecule has 5 heteroatoms. The quantitative estimate of drug-likeness (QED) is 0.766. The van der Waals surface area contributed by atoms with Crippen LogP contribution in [0.3, 0.4) is 0 Å². The Balaban J connectivity index is 1.66. The van der Waals surface area contributed by atoms with Gasteiger partial charge in [-0.1, -0.05) is 60.7 Å². The molecule has 4 unspecified atom stereocenters. The molecule has 0 spiro atoms. The molecule has 0 aromatic heterocycles. The van der Waals surface area contributed by atoms with Crippen molar-refractivity contribution in [2.75, 3.05) is 13.2 Å². The summed E-state index contributed by atoms with van der Waals surface area (Å²) in [6.45, 7) is 0.436. The van der Waals surface area contributed by atoms with Crippen molar-refractivity contribution < 1.29 is 24.4 Å². The minimum Gasteiger partial charge on any atom is -0.394 e. The van der Waals surface area contributed by atoms with Gasteiger partial charge in [0.25, 0.3) is 0 Å². The van der Waals surface area contributed by atoms with Gasteiger partial charge in [-0.3, -0.25) is 0 Å². The molecule has 0 saturated carbocycles. The normalized spacial score (nSPS) is 26.0. The van der Waals surface area contributed by atoms with Crippen molar-refractivity contribution in [2.45, 2.75) is 37.6 Å². The molecular weight excluding hydrogens is 320 g/mol. The Hall–Kier alpha value is -1.76. The average Bonchev–Trinajstić information content (AvgIpc) is 3.03. The summed E-state index contributed by atoms with van der Waals surface area (Å²) in [7, 11) is 0. The summed E-state index contributed by atoms with van der Waals surface area (Å²) in [6, 6.07) is 19.6. The molecule has 25 heavy (non-hydrogen) atoms. The van der Waals surface area contributed by atoms with Gasteiger partial charge in [0.1, 0.15) is 24.4 Å². The molecule has 0 aliphatic carbocycles. The van der Waals surface area contributed by atoms with Crippen molar-refractivity contribution in [1.29, 1.82) is 0 Å². The fraction of sp³-hybridized carbons (Fsp3) is 0.400. The molecule has 1 aliphatic rings. The zero-order valence-electron chi connectivity index (χ0n) is 14.0. The summed E-state index contributed by atoms with van der Waals surface area (Å²) in [5.74, 6) is 0. The number of hydrogen-bond donors (Lipinski definition) is 2. The predicted molar refractivity (Wildman–Crippen MR) is 92.9 cm³/mol. The molecule has 2 N–H and O–H groups in total. The van der Waals surface area contributed by atoms with E-state index in [1.807, 2.05) is 60.7 Å². The van der Waals surface area contributed by atoms with E-state index in [9.17, 15) is 10.2 Å².